The fourth-order valence-corrected chi connectivity index (χ4v) is 1.85. The summed E-state index contributed by atoms with van der Waals surface area (Å²) in [5, 5.41) is 21.0. The number of nitrogens with two attached hydrogens (primary N) is 1. The van der Waals surface area contributed by atoms with Gasteiger partial charge >= 0.3 is 0 Å². The first-order valence-corrected chi connectivity index (χ1v) is 7.57. The lowest BCUT2D eigenvalue weighted by atomic mass is 10.2. The third kappa shape index (κ3) is 9.44. The maximum absolute atomic E-state index is 8.36. The number of hydrogen-bond acceptors (Lipinski definition) is 5. The molecule has 8 nitrogen and oxygen atoms in total. The summed E-state index contributed by atoms with van der Waals surface area (Å²) < 4.78 is 11.2. The van der Waals surface area contributed by atoms with Crippen LogP contribution in [-0.2, 0) is 0 Å². The Hall–Kier alpha value is -3.29. The summed E-state index contributed by atoms with van der Waals surface area (Å²) in [6.45, 7) is 1.31. The summed E-state index contributed by atoms with van der Waals surface area (Å²) in [7, 11) is 0. The molecule has 0 bridgehead atoms. The van der Waals surface area contributed by atoms with Crippen LogP contribution in [0.15, 0.2) is 54.6 Å². The van der Waals surface area contributed by atoms with Gasteiger partial charge in [-0.2, -0.15) is 0 Å². The highest BCUT2D eigenvalue weighted by Crippen LogP contribution is 2.13. The van der Waals surface area contributed by atoms with Crippen LogP contribution in [0.25, 0.3) is 0 Å². The van der Waals surface area contributed by atoms with Crippen LogP contribution >= 0.6 is 0 Å². The number of benzene rings is 2. The Bertz CT molecular complexity index is 660. The number of nitrogen functional groups attached to an aromatic ring is 1. The van der Waals surface area contributed by atoms with E-state index < -0.39 is 5.09 Å². The van der Waals surface area contributed by atoms with Gasteiger partial charge in [-0.05, 0) is 37.1 Å². The highest BCUT2D eigenvalue weighted by atomic mass is 16.9. The molecule has 0 aliphatic carbocycles. The molecule has 0 saturated heterocycles. The molecule has 0 spiro atoms. The Balaban J connectivity index is 0.000000705. The van der Waals surface area contributed by atoms with Gasteiger partial charge in [-0.3, -0.25) is 5.41 Å². The number of para-hydroxylation sites is 1. The lowest BCUT2D eigenvalue weighted by molar-refractivity contribution is -0.742. The van der Waals surface area contributed by atoms with Crippen LogP contribution in [-0.4, -0.2) is 29.3 Å². The van der Waals surface area contributed by atoms with E-state index in [0.717, 1.165) is 24.3 Å². The van der Waals surface area contributed by atoms with Crippen molar-refractivity contribution in [3.05, 3.63) is 70.3 Å². The molecule has 8 heteroatoms. The fourth-order valence-electron chi connectivity index (χ4n) is 1.85. The average Bonchev–Trinajstić information content (AvgIpc) is 2.58. The lowest BCUT2D eigenvalue weighted by Gasteiger charge is -2.08. The maximum atomic E-state index is 8.36. The molecule has 0 saturated carbocycles. The highest BCUT2D eigenvalue weighted by Gasteiger charge is 1.99. The molecule has 0 aliphatic heterocycles. The monoisotopic (exact) mass is 347 g/mol. The Kier molecular flexibility index (Phi) is 8.91. The van der Waals surface area contributed by atoms with Crippen LogP contribution in [0.5, 0.6) is 11.5 Å². The van der Waals surface area contributed by atoms with E-state index in [1.807, 2.05) is 42.5 Å². The predicted molar refractivity (Wildman–Crippen MR) is 92.9 cm³/mol. The topological polar surface area (TPSA) is 132 Å². The van der Waals surface area contributed by atoms with Crippen molar-refractivity contribution in [1.29, 1.82) is 5.41 Å². The molecule has 2 aromatic carbocycles. The summed E-state index contributed by atoms with van der Waals surface area (Å²) in [5.74, 6) is 1.69. The normalized spacial score (nSPS) is 9.44. The smallest absolute Gasteiger partial charge is 0.291 e. The first-order chi connectivity index (χ1) is 12.0. The molecular weight excluding hydrogens is 326 g/mol. The van der Waals surface area contributed by atoms with Crippen molar-refractivity contribution in [2.24, 2.45) is 5.73 Å². The van der Waals surface area contributed by atoms with Crippen molar-refractivity contribution in [1.82, 2.24) is 0 Å². The minimum Gasteiger partial charge on any atom is -0.494 e. The summed E-state index contributed by atoms with van der Waals surface area (Å²) in [6, 6.07) is 17.1. The molecule has 0 aliphatic rings. The second-order valence-corrected chi connectivity index (χ2v) is 4.90. The number of ether oxygens (including phenoxy) is 2. The van der Waals surface area contributed by atoms with Crippen LogP contribution in [0.2, 0.25) is 0 Å². The molecule has 25 heavy (non-hydrogen) atoms. The van der Waals surface area contributed by atoms with Gasteiger partial charge in [0.05, 0.1) is 13.2 Å². The van der Waals surface area contributed by atoms with Crippen molar-refractivity contribution in [2.75, 3.05) is 13.2 Å². The summed E-state index contributed by atoms with van der Waals surface area (Å²) in [6.07, 6.45) is 1.85. The number of nitrogens with one attached hydrogen (secondary N) is 1. The van der Waals surface area contributed by atoms with Gasteiger partial charge in [-0.25, -0.2) is 0 Å². The first-order valence-electron chi connectivity index (χ1n) is 7.57. The minimum atomic E-state index is -1.50. The molecule has 2 rings (SSSR count). The predicted octanol–water partition coefficient (Wildman–Crippen LogP) is 2.86. The lowest BCUT2D eigenvalue weighted by Crippen LogP contribution is -2.11. The molecule has 0 heterocycles. The highest BCUT2D eigenvalue weighted by molar-refractivity contribution is 5.95. The molecule has 0 amide bonds. The minimum absolute atomic E-state index is 0.0525. The first kappa shape index (κ1) is 19.8. The van der Waals surface area contributed by atoms with Crippen LogP contribution in [0, 0.1) is 15.5 Å². The molecule has 0 fully saturated rings. The van der Waals surface area contributed by atoms with Crippen molar-refractivity contribution in [3.63, 3.8) is 0 Å². The van der Waals surface area contributed by atoms with Crippen molar-refractivity contribution < 1.29 is 19.8 Å². The number of unbranched alkanes of at least 4 members (excludes halogenated alkanes) is 1. The molecule has 0 atom stereocenters. The van der Waals surface area contributed by atoms with E-state index >= 15 is 0 Å². The van der Waals surface area contributed by atoms with Crippen LogP contribution in [0.1, 0.15) is 18.4 Å². The second-order valence-electron chi connectivity index (χ2n) is 4.90. The average molecular weight is 347 g/mol. The van der Waals surface area contributed by atoms with Gasteiger partial charge in [0, 0.05) is 5.56 Å². The number of hydrogen-bond donors (Lipinski definition) is 3. The SMILES string of the molecule is N=C(N)c1cccc(OCCCCOc2ccccc2)c1.O=[N+]([O-])O. The van der Waals surface area contributed by atoms with Crippen LogP contribution in [0.4, 0.5) is 0 Å². The zero-order chi connectivity index (χ0) is 18.5. The quantitative estimate of drug-likeness (QED) is 0.221. The zero-order valence-corrected chi connectivity index (χ0v) is 13.6. The van der Waals surface area contributed by atoms with E-state index in [9.17, 15) is 0 Å². The van der Waals surface area contributed by atoms with Gasteiger partial charge in [0.15, 0.2) is 0 Å². The molecule has 0 unspecified atom stereocenters. The van der Waals surface area contributed by atoms with Crippen molar-refractivity contribution >= 4 is 5.84 Å². The molecule has 0 radical (unpaired) electrons. The Morgan fingerprint density at radius 2 is 1.56 bits per heavy atom. The van der Waals surface area contributed by atoms with Gasteiger partial charge in [-0.1, -0.05) is 30.3 Å². The van der Waals surface area contributed by atoms with Crippen molar-refractivity contribution in [3.8, 4) is 11.5 Å². The van der Waals surface area contributed by atoms with Crippen molar-refractivity contribution in [2.45, 2.75) is 12.8 Å². The maximum Gasteiger partial charge on any atom is 0.291 e. The van der Waals surface area contributed by atoms with Gasteiger partial charge in [-0.15, -0.1) is 10.1 Å². The van der Waals surface area contributed by atoms with Gasteiger partial charge < -0.3 is 20.4 Å². The number of rotatable bonds is 8. The summed E-state index contributed by atoms with van der Waals surface area (Å²) in [4.78, 5) is 8.36. The third-order valence-electron chi connectivity index (χ3n) is 2.96. The van der Waals surface area contributed by atoms with E-state index in [1.54, 1.807) is 12.1 Å². The molecule has 134 valence electrons. The standard InChI is InChI=1S/C17H20N2O2.HNO3/c18-17(19)14-7-6-10-16(13-14)21-12-5-4-11-20-15-8-2-1-3-9-15;2-1(3)4/h1-3,6-10,13H,4-5,11-12H2,(H3,18,19);(H,2,3,4). The Labute approximate surface area is 145 Å². The van der Waals surface area contributed by atoms with E-state index in [1.165, 1.54) is 0 Å². The van der Waals surface area contributed by atoms with Gasteiger partial charge in [0.1, 0.15) is 17.3 Å². The second kappa shape index (κ2) is 11.3. The number of amidine groups is 1. The fraction of sp³-hybridized carbons (Fsp3) is 0.235. The Morgan fingerprint density at radius 3 is 2.12 bits per heavy atom. The summed E-state index contributed by atoms with van der Waals surface area (Å²) in [5.41, 5.74) is 6.12. The van der Waals surface area contributed by atoms with E-state index in [-0.39, 0.29) is 5.84 Å². The summed E-state index contributed by atoms with van der Waals surface area (Å²) >= 11 is 0. The molecule has 2 aromatic rings. The number of nitrogens with zero attached hydrogens (tertiary/aromatic N) is 1. The van der Waals surface area contributed by atoms with E-state index in [2.05, 4.69) is 0 Å². The van der Waals surface area contributed by atoms with Crippen LogP contribution < -0.4 is 15.2 Å². The van der Waals surface area contributed by atoms with Crippen LogP contribution in [0.3, 0.4) is 0 Å². The molecular formula is C17H21N3O5. The largest absolute Gasteiger partial charge is 0.494 e. The zero-order valence-electron chi connectivity index (χ0n) is 13.6. The van der Waals surface area contributed by atoms with Gasteiger partial charge in [0.2, 0.25) is 0 Å². The molecule has 0 aromatic heterocycles. The third-order valence-corrected chi connectivity index (χ3v) is 2.96. The van der Waals surface area contributed by atoms with E-state index in [4.69, 9.17) is 35.9 Å². The van der Waals surface area contributed by atoms with Gasteiger partial charge in [0.25, 0.3) is 5.09 Å². The Morgan fingerprint density at radius 1 is 1.04 bits per heavy atom. The van der Waals surface area contributed by atoms with E-state index in [0.29, 0.717) is 18.8 Å². The molecule has 4 N–H and O–H groups in total.